The maximum atomic E-state index is 12.6. The van der Waals surface area contributed by atoms with Gasteiger partial charge in [0.2, 0.25) is 5.91 Å². The molecule has 0 spiro atoms. The number of aryl methyl sites for hydroxylation is 1. The zero-order valence-corrected chi connectivity index (χ0v) is 17.2. The van der Waals surface area contributed by atoms with Crippen LogP contribution in [0, 0.1) is 0 Å². The summed E-state index contributed by atoms with van der Waals surface area (Å²) in [5.41, 5.74) is 2.57. The molecule has 0 aliphatic heterocycles. The summed E-state index contributed by atoms with van der Waals surface area (Å²) in [5, 5.41) is 5.74. The van der Waals surface area contributed by atoms with Gasteiger partial charge in [-0.15, -0.1) is 11.3 Å². The first-order chi connectivity index (χ1) is 14.2. The number of nitrogens with one attached hydrogen (secondary N) is 1. The summed E-state index contributed by atoms with van der Waals surface area (Å²) in [6, 6.07) is 14.1. The van der Waals surface area contributed by atoms with Gasteiger partial charge in [-0.2, -0.15) is 0 Å². The quantitative estimate of drug-likeness (QED) is 0.443. The van der Waals surface area contributed by atoms with Crippen LogP contribution in [-0.4, -0.2) is 18.5 Å². The van der Waals surface area contributed by atoms with E-state index < -0.39 is 0 Å². The number of carbonyl (C=O) groups is 2. The summed E-state index contributed by atoms with van der Waals surface area (Å²) >= 11 is 1.50. The average molecular weight is 406 g/mol. The maximum Gasteiger partial charge on any atom is 0.341 e. The smallest absolute Gasteiger partial charge is 0.341 e. The third-order valence-electron chi connectivity index (χ3n) is 5.13. The fourth-order valence-corrected chi connectivity index (χ4v) is 5.07. The Balaban J connectivity index is 1.59. The van der Waals surface area contributed by atoms with E-state index in [2.05, 4.69) is 17.4 Å². The predicted octanol–water partition coefficient (Wildman–Crippen LogP) is 5.61. The van der Waals surface area contributed by atoms with Gasteiger partial charge in [0, 0.05) is 11.0 Å². The molecule has 0 saturated carbocycles. The zero-order chi connectivity index (χ0) is 20.2. The molecule has 0 saturated heterocycles. The number of fused-ring (bicyclic) bond motifs is 2. The van der Waals surface area contributed by atoms with Gasteiger partial charge in [0.25, 0.3) is 0 Å². The largest absolute Gasteiger partial charge is 0.462 e. The number of benzene rings is 2. The SMILES string of the molecule is CCOC(=O)c1c(NC(=O)/C=C/c2cccc3ccccc23)sc2c1CCCC2. The van der Waals surface area contributed by atoms with Gasteiger partial charge in [0.15, 0.2) is 0 Å². The standard InChI is InChI=1S/C24H23NO3S/c1-2-28-24(27)22-19-12-5-6-13-20(19)29-23(22)25-21(26)15-14-17-10-7-9-16-8-3-4-11-18(16)17/h3-4,7-11,14-15H,2,5-6,12-13H2,1H3,(H,25,26)/b15-14+. The van der Waals surface area contributed by atoms with Crippen molar-refractivity contribution in [1.82, 2.24) is 0 Å². The van der Waals surface area contributed by atoms with Crippen LogP contribution in [-0.2, 0) is 22.4 Å². The highest BCUT2D eigenvalue weighted by atomic mass is 32.1. The van der Waals surface area contributed by atoms with Crippen LogP contribution < -0.4 is 5.32 Å². The molecule has 3 aromatic rings. The molecule has 4 nitrogen and oxygen atoms in total. The molecular formula is C24H23NO3S. The summed E-state index contributed by atoms with van der Waals surface area (Å²) in [6.07, 6.45) is 7.33. The van der Waals surface area contributed by atoms with E-state index in [-0.39, 0.29) is 11.9 Å². The Bertz CT molecular complexity index is 1090. The third kappa shape index (κ3) is 4.10. The lowest BCUT2D eigenvalue weighted by Crippen LogP contribution is -2.14. The van der Waals surface area contributed by atoms with E-state index in [0.717, 1.165) is 47.6 Å². The zero-order valence-electron chi connectivity index (χ0n) is 16.4. The molecule has 0 atom stereocenters. The Kier molecular flexibility index (Phi) is 5.76. The van der Waals surface area contributed by atoms with E-state index >= 15 is 0 Å². The van der Waals surface area contributed by atoms with Crippen LogP contribution in [0.5, 0.6) is 0 Å². The minimum atomic E-state index is -0.347. The Hall–Kier alpha value is -2.92. The Labute approximate surface area is 174 Å². The second kappa shape index (κ2) is 8.62. The van der Waals surface area contributed by atoms with Gasteiger partial charge >= 0.3 is 5.97 Å². The molecule has 1 aliphatic rings. The lowest BCUT2D eigenvalue weighted by atomic mass is 9.95. The number of ether oxygens (including phenoxy) is 1. The molecule has 2 aromatic carbocycles. The van der Waals surface area contributed by atoms with Crippen molar-refractivity contribution >= 4 is 45.1 Å². The second-order valence-corrected chi connectivity index (χ2v) is 8.13. The molecule has 5 heteroatoms. The van der Waals surface area contributed by atoms with Gasteiger partial charge in [0.1, 0.15) is 5.00 Å². The van der Waals surface area contributed by atoms with E-state index in [1.165, 1.54) is 22.3 Å². The Morgan fingerprint density at radius 3 is 2.76 bits per heavy atom. The van der Waals surface area contributed by atoms with Crippen LogP contribution in [0.2, 0.25) is 0 Å². The fourth-order valence-electron chi connectivity index (χ4n) is 3.79. The van der Waals surface area contributed by atoms with E-state index in [1.54, 1.807) is 6.92 Å². The van der Waals surface area contributed by atoms with Crippen LogP contribution >= 0.6 is 11.3 Å². The molecule has 29 heavy (non-hydrogen) atoms. The summed E-state index contributed by atoms with van der Waals surface area (Å²) in [6.45, 7) is 2.11. The number of carbonyl (C=O) groups excluding carboxylic acids is 2. The topological polar surface area (TPSA) is 55.4 Å². The molecule has 148 valence electrons. The first-order valence-electron chi connectivity index (χ1n) is 9.96. The van der Waals surface area contributed by atoms with Crippen LogP contribution in [0.4, 0.5) is 5.00 Å². The predicted molar refractivity (Wildman–Crippen MR) is 119 cm³/mol. The molecule has 0 radical (unpaired) electrons. The van der Waals surface area contributed by atoms with Crippen molar-refractivity contribution in [3.05, 3.63) is 70.1 Å². The fraction of sp³-hybridized carbons (Fsp3) is 0.250. The number of rotatable bonds is 5. The third-order valence-corrected chi connectivity index (χ3v) is 6.33. The van der Waals surface area contributed by atoms with E-state index in [4.69, 9.17) is 4.74 Å². The van der Waals surface area contributed by atoms with Gasteiger partial charge in [-0.25, -0.2) is 4.79 Å². The highest BCUT2D eigenvalue weighted by Crippen LogP contribution is 2.38. The number of amides is 1. The first kappa shape index (κ1) is 19.4. The lowest BCUT2D eigenvalue weighted by Gasteiger charge is -2.12. The normalized spacial score (nSPS) is 13.4. The Morgan fingerprint density at radius 2 is 1.90 bits per heavy atom. The van der Waals surface area contributed by atoms with Gasteiger partial charge in [-0.3, -0.25) is 4.79 Å². The van der Waals surface area contributed by atoms with Crippen LogP contribution in [0.25, 0.3) is 16.8 Å². The van der Waals surface area contributed by atoms with E-state index in [9.17, 15) is 9.59 Å². The molecule has 1 aromatic heterocycles. The van der Waals surface area contributed by atoms with Gasteiger partial charge in [-0.05, 0) is 60.6 Å². The summed E-state index contributed by atoms with van der Waals surface area (Å²) in [4.78, 5) is 26.3. The van der Waals surface area contributed by atoms with Crippen molar-refractivity contribution < 1.29 is 14.3 Å². The van der Waals surface area contributed by atoms with Crippen molar-refractivity contribution in [2.75, 3.05) is 11.9 Å². The average Bonchev–Trinajstić information content (AvgIpc) is 3.10. The van der Waals surface area contributed by atoms with Crippen LogP contribution in [0.1, 0.15) is 46.1 Å². The highest BCUT2D eigenvalue weighted by molar-refractivity contribution is 7.17. The molecule has 0 bridgehead atoms. The maximum absolute atomic E-state index is 12.6. The lowest BCUT2D eigenvalue weighted by molar-refractivity contribution is -0.111. The molecule has 4 rings (SSSR count). The van der Waals surface area contributed by atoms with Crippen LogP contribution in [0.15, 0.2) is 48.5 Å². The number of hydrogen-bond donors (Lipinski definition) is 1. The van der Waals surface area contributed by atoms with E-state index in [1.807, 2.05) is 36.4 Å². The summed E-state index contributed by atoms with van der Waals surface area (Å²) in [5.74, 6) is -0.595. The monoisotopic (exact) mass is 405 g/mol. The highest BCUT2D eigenvalue weighted by Gasteiger charge is 2.26. The number of esters is 1. The molecule has 1 amide bonds. The summed E-state index contributed by atoms with van der Waals surface area (Å²) in [7, 11) is 0. The van der Waals surface area contributed by atoms with Crippen molar-refractivity contribution in [3.8, 4) is 0 Å². The van der Waals surface area contributed by atoms with Crippen molar-refractivity contribution in [1.29, 1.82) is 0 Å². The van der Waals surface area contributed by atoms with Crippen molar-refractivity contribution in [2.45, 2.75) is 32.6 Å². The summed E-state index contributed by atoms with van der Waals surface area (Å²) < 4.78 is 5.25. The minimum Gasteiger partial charge on any atom is -0.462 e. The van der Waals surface area contributed by atoms with E-state index in [0.29, 0.717) is 17.2 Å². The van der Waals surface area contributed by atoms with Crippen LogP contribution in [0.3, 0.4) is 0 Å². The van der Waals surface area contributed by atoms with Crippen molar-refractivity contribution in [3.63, 3.8) is 0 Å². The van der Waals surface area contributed by atoms with Gasteiger partial charge in [0.05, 0.1) is 12.2 Å². The number of thiophene rings is 1. The molecular weight excluding hydrogens is 382 g/mol. The second-order valence-electron chi connectivity index (χ2n) is 7.03. The van der Waals surface area contributed by atoms with Gasteiger partial charge < -0.3 is 10.1 Å². The minimum absolute atomic E-state index is 0.248. The molecule has 1 N–H and O–H groups in total. The molecule has 0 fully saturated rings. The Morgan fingerprint density at radius 1 is 1.10 bits per heavy atom. The molecule has 1 heterocycles. The molecule has 1 aliphatic carbocycles. The number of hydrogen-bond acceptors (Lipinski definition) is 4. The number of anilines is 1. The first-order valence-corrected chi connectivity index (χ1v) is 10.8. The molecule has 0 unspecified atom stereocenters. The van der Waals surface area contributed by atoms with Crippen molar-refractivity contribution in [2.24, 2.45) is 0 Å². The van der Waals surface area contributed by atoms with Gasteiger partial charge in [-0.1, -0.05) is 42.5 Å².